The maximum absolute atomic E-state index is 6.14. The Bertz CT molecular complexity index is 398. The molecule has 0 spiro atoms. The van der Waals surface area contributed by atoms with Gasteiger partial charge in [-0.1, -0.05) is 11.6 Å². The van der Waals surface area contributed by atoms with Crippen LogP contribution >= 0.6 is 11.6 Å². The Morgan fingerprint density at radius 1 is 1.28 bits per heavy atom. The minimum Gasteiger partial charge on any atom is -0.355 e. The number of halogens is 1. The summed E-state index contributed by atoms with van der Waals surface area (Å²) in [6.45, 7) is 3.31. The van der Waals surface area contributed by atoms with Crippen LogP contribution in [0.2, 0.25) is 5.02 Å². The van der Waals surface area contributed by atoms with Crippen LogP contribution in [0.5, 0.6) is 0 Å². The fourth-order valence-corrected chi connectivity index (χ4v) is 3.39. The normalized spacial score (nSPS) is 25.6. The van der Waals surface area contributed by atoms with Crippen molar-refractivity contribution < 1.29 is 0 Å². The molecule has 1 atom stereocenters. The summed E-state index contributed by atoms with van der Waals surface area (Å²) in [5, 5.41) is 4.28. The summed E-state index contributed by atoms with van der Waals surface area (Å²) in [4.78, 5) is 10.5. The van der Waals surface area contributed by atoms with Crippen molar-refractivity contribution in [2.45, 2.75) is 31.7 Å². The molecule has 1 N–H and O–H groups in total. The van der Waals surface area contributed by atoms with E-state index in [4.69, 9.17) is 11.6 Å². The van der Waals surface area contributed by atoms with E-state index in [-0.39, 0.29) is 0 Å². The fraction of sp³-hybridized carbons (Fsp3) is 0.692. The quantitative estimate of drug-likeness (QED) is 0.890. The monoisotopic (exact) mass is 266 g/mol. The van der Waals surface area contributed by atoms with Crippen molar-refractivity contribution in [2.24, 2.45) is 5.92 Å². The van der Waals surface area contributed by atoms with Crippen molar-refractivity contribution in [1.82, 2.24) is 15.3 Å². The highest BCUT2D eigenvalue weighted by Crippen LogP contribution is 2.30. The molecule has 4 nitrogen and oxygen atoms in total. The number of piperidine rings is 1. The van der Waals surface area contributed by atoms with Gasteiger partial charge in [0.15, 0.2) is 5.82 Å². The Morgan fingerprint density at radius 2 is 2.11 bits per heavy atom. The van der Waals surface area contributed by atoms with Gasteiger partial charge in [-0.3, -0.25) is 0 Å². The lowest BCUT2D eigenvalue weighted by Gasteiger charge is -2.35. The molecule has 98 valence electrons. The molecule has 0 amide bonds. The molecule has 1 aromatic heterocycles. The van der Waals surface area contributed by atoms with E-state index >= 15 is 0 Å². The Labute approximate surface area is 113 Å². The van der Waals surface area contributed by atoms with Crippen molar-refractivity contribution in [3.8, 4) is 0 Å². The van der Waals surface area contributed by atoms with E-state index in [1.807, 2.05) is 0 Å². The second-order valence-corrected chi connectivity index (χ2v) is 5.63. The van der Waals surface area contributed by atoms with Gasteiger partial charge in [0, 0.05) is 19.1 Å². The predicted molar refractivity (Wildman–Crippen MR) is 73.0 cm³/mol. The third-order valence-electron chi connectivity index (χ3n) is 4.15. The van der Waals surface area contributed by atoms with Gasteiger partial charge < -0.3 is 10.2 Å². The van der Waals surface area contributed by atoms with Gasteiger partial charge in [0.05, 0.1) is 6.20 Å². The SMILES string of the molecule is Clc1cncnc1N1CCC(C2CCCN2)CC1. The molecule has 18 heavy (non-hydrogen) atoms. The van der Waals surface area contributed by atoms with Gasteiger partial charge in [0.1, 0.15) is 11.3 Å². The minimum atomic E-state index is 0.662. The summed E-state index contributed by atoms with van der Waals surface area (Å²) in [6, 6.07) is 0.744. The second kappa shape index (κ2) is 5.41. The number of anilines is 1. The van der Waals surface area contributed by atoms with Crippen LogP contribution in [0, 0.1) is 5.92 Å². The van der Waals surface area contributed by atoms with E-state index in [1.165, 1.54) is 32.2 Å². The maximum Gasteiger partial charge on any atom is 0.150 e. The first-order valence-electron chi connectivity index (χ1n) is 6.78. The molecule has 5 heteroatoms. The minimum absolute atomic E-state index is 0.662. The molecule has 2 aliphatic heterocycles. The topological polar surface area (TPSA) is 41.1 Å². The van der Waals surface area contributed by atoms with Crippen LogP contribution < -0.4 is 10.2 Å². The zero-order valence-corrected chi connectivity index (χ0v) is 11.2. The van der Waals surface area contributed by atoms with Crippen LogP contribution in [-0.4, -0.2) is 35.6 Å². The summed E-state index contributed by atoms with van der Waals surface area (Å²) in [5.74, 6) is 1.72. The number of hydrogen-bond acceptors (Lipinski definition) is 4. The summed E-state index contributed by atoms with van der Waals surface area (Å²) >= 11 is 6.14. The van der Waals surface area contributed by atoms with Crippen LogP contribution in [0.1, 0.15) is 25.7 Å². The Balaban J connectivity index is 1.61. The Kier molecular flexibility index (Phi) is 3.66. The van der Waals surface area contributed by atoms with Gasteiger partial charge in [0.2, 0.25) is 0 Å². The number of aromatic nitrogens is 2. The van der Waals surface area contributed by atoms with Crippen LogP contribution in [0.15, 0.2) is 12.5 Å². The van der Waals surface area contributed by atoms with E-state index in [9.17, 15) is 0 Å². The van der Waals surface area contributed by atoms with Crippen molar-refractivity contribution in [2.75, 3.05) is 24.5 Å². The molecule has 0 saturated carbocycles. The molecule has 1 aromatic rings. The van der Waals surface area contributed by atoms with Gasteiger partial charge in [-0.15, -0.1) is 0 Å². The standard InChI is InChI=1S/C13H19ClN4/c14-11-8-15-9-17-13(11)18-6-3-10(4-7-18)12-2-1-5-16-12/h8-10,12,16H,1-7H2. The highest BCUT2D eigenvalue weighted by Gasteiger charge is 2.29. The molecule has 0 bridgehead atoms. The number of hydrogen-bond donors (Lipinski definition) is 1. The lowest BCUT2D eigenvalue weighted by atomic mass is 9.88. The average molecular weight is 267 g/mol. The molecular formula is C13H19ClN4. The zero-order chi connectivity index (χ0) is 12.4. The van der Waals surface area contributed by atoms with Gasteiger partial charge in [-0.2, -0.15) is 0 Å². The molecule has 1 unspecified atom stereocenters. The van der Waals surface area contributed by atoms with Gasteiger partial charge in [-0.05, 0) is 38.1 Å². The molecular weight excluding hydrogens is 248 g/mol. The highest BCUT2D eigenvalue weighted by molar-refractivity contribution is 6.32. The molecule has 2 saturated heterocycles. The first-order chi connectivity index (χ1) is 8.84. The number of nitrogens with one attached hydrogen (secondary N) is 1. The molecule has 0 aliphatic carbocycles. The zero-order valence-electron chi connectivity index (χ0n) is 10.5. The average Bonchev–Trinajstić information content (AvgIpc) is 2.94. The molecule has 2 aliphatic rings. The third kappa shape index (κ3) is 2.45. The Hall–Kier alpha value is -0.870. The van der Waals surface area contributed by atoms with Gasteiger partial charge in [0.25, 0.3) is 0 Å². The lowest BCUT2D eigenvalue weighted by molar-refractivity contribution is 0.318. The van der Waals surface area contributed by atoms with Crippen LogP contribution in [0.3, 0.4) is 0 Å². The summed E-state index contributed by atoms with van der Waals surface area (Å²) in [5.41, 5.74) is 0. The summed E-state index contributed by atoms with van der Waals surface area (Å²) in [7, 11) is 0. The van der Waals surface area contributed by atoms with Crippen molar-refractivity contribution in [3.63, 3.8) is 0 Å². The Morgan fingerprint density at radius 3 is 2.78 bits per heavy atom. The molecule has 0 aromatic carbocycles. The smallest absolute Gasteiger partial charge is 0.150 e. The number of nitrogens with zero attached hydrogens (tertiary/aromatic N) is 3. The van der Waals surface area contributed by atoms with E-state index in [0.29, 0.717) is 5.02 Å². The largest absolute Gasteiger partial charge is 0.355 e. The summed E-state index contributed by atoms with van der Waals surface area (Å²) < 4.78 is 0. The van der Waals surface area contributed by atoms with Crippen molar-refractivity contribution in [3.05, 3.63) is 17.5 Å². The lowest BCUT2D eigenvalue weighted by Crippen LogP contribution is -2.41. The first kappa shape index (κ1) is 12.2. The molecule has 2 fully saturated rings. The van der Waals surface area contributed by atoms with Crippen LogP contribution in [-0.2, 0) is 0 Å². The molecule has 3 heterocycles. The predicted octanol–water partition coefficient (Wildman–Crippen LogP) is 2.10. The van der Waals surface area contributed by atoms with E-state index < -0.39 is 0 Å². The van der Waals surface area contributed by atoms with Crippen LogP contribution in [0.25, 0.3) is 0 Å². The highest BCUT2D eigenvalue weighted by atomic mass is 35.5. The molecule has 3 rings (SSSR count). The molecule has 0 radical (unpaired) electrons. The third-order valence-corrected chi connectivity index (χ3v) is 4.42. The number of rotatable bonds is 2. The fourth-order valence-electron chi connectivity index (χ4n) is 3.17. The van der Waals surface area contributed by atoms with Crippen molar-refractivity contribution >= 4 is 17.4 Å². The van der Waals surface area contributed by atoms with Gasteiger partial charge >= 0.3 is 0 Å². The van der Waals surface area contributed by atoms with E-state index in [2.05, 4.69) is 20.2 Å². The van der Waals surface area contributed by atoms with E-state index in [1.54, 1.807) is 12.5 Å². The van der Waals surface area contributed by atoms with E-state index in [0.717, 1.165) is 30.9 Å². The summed E-state index contributed by atoms with van der Waals surface area (Å²) in [6.07, 6.45) is 8.40. The maximum atomic E-state index is 6.14. The second-order valence-electron chi connectivity index (χ2n) is 5.22. The van der Waals surface area contributed by atoms with Crippen molar-refractivity contribution in [1.29, 1.82) is 0 Å². The van der Waals surface area contributed by atoms with Gasteiger partial charge in [-0.25, -0.2) is 9.97 Å². The van der Waals surface area contributed by atoms with Crippen LogP contribution in [0.4, 0.5) is 5.82 Å². The first-order valence-corrected chi connectivity index (χ1v) is 7.16.